The number of hydrogen-bond acceptors (Lipinski definition) is 4. The maximum absolute atomic E-state index is 5.28. The van der Waals surface area contributed by atoms with Gasteiger partial charge in [-0.1, -0.05) is 65.8 Å². The van der Waals surface area contributed by atoms with Crippen molar-refractivity contribution < 1.29 is 4.52 Å². The van der Waals surface area contributed by atoms with Gasteiger partial charge in [0.05, 0.1) is 11.1 Å². The summed E-state index contributed by atoms with van der Waals surface area (Å²) in [6.45, 7) is 1.93. The highest BCUT2D eigenvalue weighted by molar-refractivity contribution is 6.00. The van der Waals surface area contributed by atoms with Gasteiger partial charge in [0.1, 0.15) is 5.69 Å². The van der Waals surface area contributed by atoms with E-state index in [1.807, 2.05) is 55.5 Å². The number of hydrogen-bond donors (Lipinski definition) is 0. The molecule has 4 rings (SSSR count). The zero-order valence-corrected chi connectivity index (χ0v) is 12.0. The highest BCUT2D eigenvalue weighted by atomic mass is 16.5. The molecule has 2 heterocycles. The van der Waals surface area contributed by atoms with Crippen LogP contribution >= 0.6 is 0 Å². The van der Waals surface area contributed by atoms with Crippen molar-refractivity contribution in [1.82, 2.24) is 15.4 Å². The van der Waals surface area contributed by atoms with E-state index in [2.05, 4.69) is 27.5 Å². The first-order chi connectivity index (χ1) is 10.8. The molecule has 4 heteroatoms. The minimum atomic E-state index is 0.469. The van der Waals surface area contributed by atoms with E-state index in [0.717, 1.165) is 33.5 Å². The lowest BCUT2D eigenvalue weighted by Crippen LogP contribution is -1.94. The van der Waals surface area contributed by atoms with Gasteiger partial charge >= 0.3 is 0 Å². The molecule has 0 unspecified atom stereocenters. The first-order valence-electron chi connectivity index (χ1n) is 7.08. The molecule has 0 saturated carbocycles. The normalized spacial score (nSPS) is 11.0. The van der Waals surface area contributed by atoms with Crippen LogP contribution in [0.1, 0.15) is 5.69 Å². The number of benzene rings is 2. The summed E-state index contributed by atoms with van der Waals surface area (Å²) in [4.78, 5) is 0. The lowest BCUT2D eigenvalue weighted by molar-refractivity contribution is 0.440. The molecule has 4 aromatic rings. The Bertz CT molecular complexity index is 931. The van der Waals surface area contributed by atoms with Crippen LogP contribution in [0.15, 0.2) is 65.2 Å². The van der Waals surface area contributed by atoms with Crippen molar-refractivity contribution in [1.29, 1.82) is 0 Å². The molecule has 0 aliphatic heterocycles. The SMILES string of the molecule is Cc1noc2nnc(-c3ccccc3)c(-c3ccccc3)c12. The molecule has 4 nitrogen and oxygen atoms in total. The van der Waals surface area contributed by atoms with E-state index in [1.54, 1.807) is 0 Å². The zero-order chi connectivity index (χ0) is 14.9. The second-order valence-corrected chi connectivity index (χ2v) is 5.10. The summed E-state index contributed by atoms with van der Waals surface area (Å²) in [7, 11) is 0. The summed E-state index contributed by atoms with van der Waals surface area (Å²) in [5, 5.41) is 13.5. The van der Waals surface area contributed by atoms with E-state index in [0.29, 0.717) is 5.71 Å². The van der Waals surface area contributed by atoms with E-state index in [-0.39, 0.29) is 0 Å². The van der Waals surface area contributed by atoms with Crippen molar-refractivity contribution in [2.45, 2.75) is 6.92 Å². The van der Waals surface area contributed by atoms with Crippen molar-refractivity contribution in [2.24, 2.45) is 0 Å². The predicted molar refractivity (Wildman–Crippen MR) is 85.2 cm³/mol. The maximum Gasteiger partial charge on any atom is 0.277 e. The van der Waals surface area contributed by atoms with E-state index in [4.69, 9.17) is 4.52 Å². The van der Waals surface area contributed by atoms with Gasteiger partial charge in [-0.05, 0) is 12.5 Å². The van der Waals surface area contributed by atoms with Gasteiger partial charge in [-0.15, -0.1) is 10.2 Å². The Morgan fingerprint density at radius 3 is 2.09 bits per heavy atom. The molecule has 0 amide bonds. The Kier molecular flexibility index (Phi) is 2.93. The summed E-state index contributed by atoms with van der Waals surface area (Å²) in [5.41, 5.74) is 5.24. The Labute approximate surface area is 127 Å². The van der Waals surface area contributed by atoms with Crippen LogP contribution in [0, 0.1) is 6.92 Å². The largest absolute Gasteiger partial charge is 0.334 e. The molecule has 106 valence electrons. The lowest BCUT2D eigenvalue weighted by atomic mass is 9.96. The second kappa shape index (κ2) is 5.07. The molecule has 0 bridgehead atoms. The van der Waals surface area contributed by atoms with Crippen LogP contribution in [0.5, 0.6) is 0 Å². The Balaban J connectivity index is 2.11. The standard InChI is InChI=1S/C18H13N3O/c1-12-15-16(13-8-4-2-5-9-13)17(14-10-6-3-7-11-14)19-20-18(15)22-21-12/h2-11H,1H3. The summed E-state index contributed by atoms with van der Waals surface area (Å²) < 4.78 is 5.28. The number of nitrogens with zero attached hydrogens (tertiary/aromatic N) is 3. The fourth-order valence-corrected chi connectivity index (χ4v) is 2.66. The lowest BCUT2D eigenvalue weighted by Gasteiger charge is -2.09. The fourth-order valence-electron chi connectivity index (χ4n) is 2.66. The Morgan fingerprint density at radius 2 is 1.41 bits per heavy atom. The molecule has 2 aromatic carbocycles. The molecule has 0 spiro atoms. The van der Waals surface area contributed by atoms with Crippen LogP contribution < -0.4 is 0 Å². The quantitative estimate of drug-likeness (QED) is 0.552. The minimum Gasteiger partial charge on any atom is -0.334 e. The van der Waals surface area contributed by atoms with Crippen molar-refractivity contribution in [2.75, 3.05) is 0 Å². The number of aryl methyl sites for hydroxylation is 1. The predicted octanol–water partition coefficient (Wildman–Crippen LogP) is 4.26. The molecule has 0 radical (unpaired) electrons. The van der Waals surface area contributed by atoms with Crippen molar-refractivity contribution >= 4 is 11.1 Å². The van der Waals surface area contributed by atoms with Crippen molar-refractivity contribution in [3.63, 3.8) is 0 Å². The van der Waals surface area contributed by atoms with Gasteiger partial charge < -0.3 is 4.52 Å². The average Bonchev–Trinajstić information content (AvgIpc) is 2.97. The van der Waals surface area contributed by atoms with Crippen LogP contribution in [0.25, 0.3) is 33.5 Å². The molecule has 0 fully saturated rings. The third-order valence-electron chi connectivity index (χ3n) is 3.68. The van der Waals surface area contributed by atoms with E-state index >= 15 is 0 Å². The molecular weight excluding hydrogens is 274 g/mol. The summed E-state index contributed by atoms with van der Waals surface area (Å²) >= 11 is 0. The van der Waals surface area contributed by atoms with Gasteiger partial charge in [0, 0.05) is 11.1 Å². The molecule has 0 aliphatic carbocycles. The number of aromatic nitrogens is 3. The van der Waals surface area contributed by atoms with E-state index in [1.165, 1.54) is 0 Å². The van der Waals surface area contributed by atoms with E-state index in [9.17, 15) is 0 Å². The Hall–Kier alpha value is -3.01. The fraction of sp³-hybridized carbons (Fsp3) is 0.0556. The van der Waals surface area contributed by atoms with Crippen molar-refractivity contribution in [3.05, 3.63) is 66.4 Å². The highest BCUT2D eigenvalue weighted by Crippen LogP contribution is 2.36. The monoisotopic (exact) mass is 287 g/mol. The topological polar surface area (TPSA) is 51.8 Å². The van der Waals surface area contributed by atoms with Crippen LogP contribution in [0.2, 0.25) is 0 Å². The van der Waals surface area contributed by atoms with E-state index < -0.39 is 0 Å². The third-order valence-corrected chi connectivity index (χ3v) is 3.68. The molecule has 2 aromatic heterocycles. The van der Waals surface area contributed by atoms with Gasteiger partial charge in [-0.2, -0.15) is 0 Å². The first kappa shape index (κ1) is 12.7. The average molecular weight is 287 g/mol. The second-order valence-electron chi connectivity index (χ2n) is 5.10. The molecule has 0 saturated heterocycles. The van der Waals surface area contributed by atoms with Crippen molar-refractivity contribution in [3.8, 4) is 22.4 Å². The third kappa shape index (κ3) is 1.97. The van der Waals surface area contributed by atoms with Gasteiger partial charge in [0.15, 0.2) is 0 Å². The smallest absolute Gasteiger partial charge is 0.277 e. The number of fused-ring (bicyclic) bond motifs is 1. The van der Waals surface area contributed by atoms with Gasteiger partial charge in [-0.3, -0.25) is 0 Å². The van der Waals surface area contributed by atoms with Gasteiger partial charge in [0.25, 0.3) is 5.71 Å². The molecule has 0 N–H and O–H groups in total. The highest BCUT2D eigenvalue weighted by Gasteiger charge is 2.19. The van der Waals surface area contributed by atoms with Gasteiger partial charge in [-0.25, -0.2) is 0 Å². The summed E-state index contributed by atoms with van der Waals surface area (Å²) in [6.07, 6.45) is 0. The van der Waals surface area contributed by atoms with Crippen LogP contribution in [-0.4, -0.2) is 15.4 Å². The first-order valence-corrected chi connectivity index (χ1v) is 7.08. The summed E-state index contributed by atoms with van der Waals surface area (Å²) in [6, 6.07) is 20.2. The number of rotatable bonds is 2. The molecular formula is C18H13N3O. The van der Waals surface area contributed by atoms with Gasteiger partial charge in [0.2, 0.25) is 0 Å². The molecule has 0 atom stereocenters. The summed E-state index contributed by atoms with van der Waals surface area (Å²) in [5.74, 6) is 0. The zero-order valence-electron chi connectivity index (χ0n) is 12.0. The minimum absolute atomic E-state index is 0.469. The van der Waals surface area contributed by atoms with Crippen LogP contribution in [0.4, 0.5) is 0 Å². The maximum atomic E-state index is 5.28. The molecule has 0 aliphatic rings. The van der Waals surface area contributed by atoms with Crippen LogP contribution in [0.3, 0.4) is 0 Å². The van der Waals surface area contributed by atoms with Crippen LogP contribution in [-0.2, 0) is 0 Å². The Morgan fingerprint density at radius 1 is 0.773 bits per heavy atom. The molecule has 22 heavy (non-hydrogen) atoms.